The van der Waals surface area contributed by atoms with Crippen molar-refractivity contribution in [2.75, 3.05) is 6.54 Å². The molecule has 0 aromatic rings. The van der Waals surface area contributed by atoms with Gasteiger partial charge in [-0.15, -0.1) is 0 Å². The molecule has 1 N–H and O–H groups in total. The van der Waals surface area contributed by atoms with Crippen LogP contribution >= 0.6 is 0 Å². The monoisotopic (exact) mass is 137 g/mol. The van der Waals surface area contributed by atoms with Gasteiger partial charge in [0.2, 0.25) is 0 Å². The summed E-state index contributed by atoms with van der Waals surface area (Å²) < 4.78 is 0. The largest absolute Gasteiger partial charge is 0.387 e. The zero-order chi connectivity index (χ0) is 7.98. The van der Waals surface area contributed by atoms with Crippen LogP contribution in [0.1, 0.15) is 13.8 Å². The Morgan fingerprint density at radius 3 is 2.40 bits per heavy atom. The lowest BCUT2D eigenvalue weighted by atomic mass is 10.3. The smallest absolute Gasteiger partial charge is 0.0349 e. The van der Waals surface area contributed by atoms with Gasteiger partial charge in [0, 0.05) is 6.54 Å². The van der Waals surface area contributed by atoms with Crippen LogP contribution < -0.4 is 5.32 Å². The van der Waals surface area contributed by atoms with Gasteiger partial charge < -0.3 is 5.32 Å². The second-order valence-electron chi connectivity index (χ2n) is 2.52. The molecule has 0 aliphatic rings. The van der Waals surface area contributed by atoms with E-state index in [1.807, 2.05) is 26.1 Å². The number of allylic oxidation sites excluding steroid dienone is 2. The minimum atomic E-state index is 0.837. The maximum absolute atomic E-state index is 3.75. The third kappa shape index (κ3) is 7.02. The molecule has 0 aliphatic carbocycles. The molecule has 0 saturated carbocycles. The van der Waals surface area contributed by atoms with Crippen LogP contribution in [0.5, 0.6) is 0 Å². The van der Waals surface area contributed by atoms with Crippen molar-refractivity contribution in [2.24, 2.45) is 0 Å². The van der Waals surface area contributed by atoms with Gasteiger partial charge in [-0.1, -0.05) is 24.3 Å². The highest BCUT2D eigenvalue weighted by Crippen LogP contribution is 1.87. The highest BCUT2D eigenvalue weighted by molar-refractivity contribution is 5.10. The first kappa shape index (κ1) is 9.02. The molecule has 0 bridgehead atoms. The Hall–Kier alpha value is -0.980. The molecule has 1 nitrogen and oxygen atoms in total. The van der Waals surface area contributed by atoms with Crippen molar-refractivity contribution >= 4 is 0 Å². The third-order valence-electron chi connectivity index (χ3n) is 0.890. The fraction of sp³-hybridized carbons (Fsp3) is 0.333. The van der Waals surface area contributed by atoms with Crippen LogP contribution in [0.25, 0.3) is 0 Å². The van der Waals surface area contributed by atoms with Crippen molar-refractivity contribution in [1.29, 1.82) is 0 Å². The second-order valence-corrected chi connectivity index (χ2v) is 2.52. The van der Waals surface area contributed by atoms with Crippen molar-refractivity contribution in [3.05, 3.63) is 36.6 Å². The molecule has 0 rings (SSSR count). The average molecular weight is 137 g/mol. The lowest BCUT2D eigenvalue weighted by Crippen LogP contribution is -2.06. The summed E-state index contributed by atoms with van der Waals surface area (Å²) in [6.07, 6.45) is 3.82. The Morgan fingerprint density at radius 2 is 2.00 bits per heavy atom. The van der Waals surface area contributed by atoms with E-state index in [4.69, 9.17) is 0 Å². The van der Waals surface area contributed by atoms with Crippen LogP contribution in [-0.2, 0) is 0 Å². The van der Waals surface area contributed by atoms with Gasteiger partial charge >= 0.3 is 0 Å². The van der Waals surface area contributed by atoms with E-state index in [9.17, 15) is 0 Å². The van der Waals surface area contributed by atoms with Crippen molar-refractivity contribution < 1.29 is 0 Å². The highest BCUT2D eigenvalue weighted by atomic mass is 14.8. The summed E-state index contributed by atoms with van der Waals surface area (Å²) in [7, 11) is 0. The normalized spacial score (nSPS) is 9.80. The fourth-order valence-corrected chi connectivity index (χ4v) is 0.434. The summed E-state index contributed by atoms with van der Waals surface area (Å²) in [6, 6.07) is 0. The van der Waals surface area contributed by atoms with E-state index < -0.39 is 0 Å². The van der Waals surface area contributed by atoms with Crippen molar-refractivity contribution in [1.82, 2.24) is 5.32 Å². The van der Waals surface area contributed by atoms with Crippen LogP contribution in [0.2, 0.25) is 0 Å². The summed E-state index contributed by atoms with van der Waals surface area (Å²) in [5.74, 6) is 0. The Morgan fingerprint density at radius 1 is 1.40 bits per heavy atom. The molecule has 0 aromatic heterocycles. The molecule has 0 fully saturated rings. The summed E-state index contributed by atoms with van der Waals surface area (Å²) in [5.41, 5.74) is 2.18. The van der Waals surface area contributed by atoms with Crippen LogP contribution in [0.4, 0.5) is 0 Å². The number of nitrogens with one attached hydrogen (secondary N) is 1. The molecule has 0 aromatic carbocycles. The predicted molar refractivity (Wildman–Crippen MR) is 46.8 cm³/mol. The summed E-state index contributed by atoms with van der Waals surface area (Å²) in [5, 5.41) is 3.08. The van der Waals surface area contributed by atoms with Gasteiger partial charge in [0.25, 0.3) is 0 Å². The molecule has 1 heteroatoms. The van der Waals surface area contributed by atoms with Crippen LogP contribution in [0, 0.1) is 0 Å². The second kappa shape index (κ2) is 4.86. The molecule has 0 atom stereocenters. The number of hydrogen-bond acceptors (Lipinski definition) is 1. The molecule has 0 heterocycles. The van der Waals surface area contributed by atoms with E-state index in [1.54, 1.807) is 0 Å². The zero-order valence-electron chi connectivity index (χ0n) is 6.78. The third-order valence-corrected chi connectivity index (χ3v) is 0.890. The van der Waals surface area contributed by atoms with Gasteiger partial charge in [-0.05, 0) is 26.1 Å². The van der Waals surface area contributed by atoms with Gasteiger partial charge in [-0.3, -0.25) is 0 Å². The average Bonchev–Trinajstić information content (AvgIpc) is 1.79. The van der Waals surface area contributed by atoms with E-state index in [0.29, 0.717) is 0 Å². The van der Waals surface area contributed by atoms with Crippen LogP contribution in [-0.4, -0.2) is 6.54 Å². The first-order valence-electron chi connectivity index (χ1n) is 3.32. The lowest BCUT2D eigenvalue weighted by molar-refractivity contribution is 0.938. The topological polar surface area (TPSA) is 12.0 Å². The SMILES string of the molecule is C=C(C)/C=C\NCC(=C)C. The zero-order valence-corrected chi connectivity index (χ0v) is 6.78. The molecule has 0 saturated heterocycles. The Labute approximate surface area is 63.1 Å². The van der Waals surface area contributed by atoms with Crippen molar-refractivity contribution in [3.63, 3.8) is 0 Å². The van der Waals surface area contributed by atoms with Gasteiger partial charge in [-0.25, -0.2) is 0 Å². The quantitative estimate of drug-likeness (QED) is 0.463. The predicted octanol–water partition coefficient (Wildman–Crippen LogP) is 2.24. The van der Waals surface area contributed by atoms with Crippen molar-refractivity contribution in [2.45, 2.75) is 13.8 Å². The van der Waals surface area contributed by atoms with Gasteiger partial charge in [0.05, 0.1) is 0 Å². The Balaban J connectivity index is 3.36. The summed E-state index contributed by atoms with van der Waals surface area (Å²) in [4.78, 5) is 0. The minimum absolute atomic E-state index is 0.837. The molecule has 0 aliphatic heterocycles. The van der Waals surface area contributed by atoms with Gasteiger partial charge in [0.15, 0.2) is 0 Å². The van der Waals surface area contributed by atoms with E-state index in [1.165, 1.54) is 0 Å². The van der Waals surface area contributed by atoms with Gasteiger partial charge in [-0.2, -0.15) is 0 Å². The minimum Gasteiger partial charge on any atom is -0.387 e. The van der Waals surface area contributed by atoms with Crippen LogP contribution in [0.3, 0.4) is 0 Å². The Bertz CT molecular complexity index is 154. The standard InChI is InChI=1S/C9H15N/c1-8(2)5-6-10-7-9(3)4/h5-6,10H,1,3,7H2,2,4H3/b6-5-. The number of hydrogen-bond donors (Lipinski definition) is 1. The summed E-state index contributed by atoms with van der Waals surface area (Å²) in [6.45, 7) is 12.3. The summed E-state index contributed by atoms with van der Waals surface area (Å²) >= 11 is 0. The molecule has 0 amide bonds. The first-order chi connectivity index (χ1) is 4.63. The molecule has 0 spiro atoms. The molecule has 56 valence electrons. The van der Waals surface area contributed by atoms with E-state index >= 15 is 0 Å². The highest BCUT2D eigenvalue weighted by Gasteiger charge is 1.78. The van der Waals surface area contributed by atoms with E-state index in [-0.39, 0.29) is 0 Å². The Kier molecular flexibility index (Phi) is 4.38. The van der Waals surface area contributed by atoms with Crippen molar-refractivity contribution in [3.8, 4) is 0 Å². The molecule has 0 radical (unpaired) electrons. The van der Waals surface area contributed by atoms with Crippen LogP contribution in [0.15, 0.2) is 36.6 Å². The fourth-order valence-electron chi connectivity index (χ4n) is 0.434. The molecular weight excluding hydrogens is 122 g/mol. The maximum atomic E-state index is 3.75. The molecular formula is C9H15N. The van der Waals surface area contributed by atoms with E-state index in [0.717, 1.165) is 17.7 Å². The lowest BCUT2D eigenvalue weighted by Gasteiger charge is -1.97. The number of rotatable bonds is 4. The molecule has 10 heavy (non-hydrogen) atoms. The van der Waals surface area contributed by atoms with E-state index in [2.05, 4.69) is 18.5 Å². The molecule has 0 unspecified atom stereocenters. The first-order valence-corrected chi connectivity index (χ1v) is 3.32. The van der Waals surface area contributed by atoms with Gasteiger partial charge in [0.1, 0.15) is 0 Å². The maximum Gasteiger partial charge on any atom is 0.0349 e.